The number of benzene rings is 1. The number of aliphatic imine (C=N–C) groups is 1. The van der Waals surface area contributed by atoms with E-state index >= 15 is 0 Å². The van der Waals surface area contributed by atoms with Gasteiger partial charge in [0, 0.05) is 0 Å². The molecular weight excluding hydrogens is 166 g/mol. The van der Waals surface area contributed by atoms with Crippen LogP contribution < -0.4 is 11.2 Å². The monoisotopic (exact) mass is 179 g/mol. The Bertz CT molecular complexity index is 309. The van der Waals surface area contributed by atoms with E-state index in [-0.39, 0.29) is 5.96 Å². The number of aryl methyl sites for hydroxylation is 1. The third kappa shape index (κ3) is 2.76. The summed E-state index contributed by atoms with van der Waals surface area (Å²) in [5, 5.41) is 8.42. The maximum atomic E-state index is 8.42. The summed E-state index contributed by atoms with van der Waals surface area (Å²) in [5.41, 5.74) is 8.99. The van der Waals surface area contributed by atoms with E-state index in [0.717, 1.165) is 12.1 Å². The van der Waals surface area contributed by atoms with Gasteiger partial charge in [0.05, 0.1) is 5.69 Å². The molecule has 0 aliphatic heterocycles. The first kappa shape index (κ1) is 9.54. The van der Waals surface area contributed by atoms with Gasteiger partial charge in [0.2, 0.25) is 5.96 Å². The van der Waals surface area contributed by atoms with Crippen molar-refractivity contribution in [1.82, 2.24) is 5.48 Å². The van der Waals surface area contributed by atoms with Gasteiger partial charge in [0.25, 0.3) is 0 Å². The normalized spacial score (nSPS) is 11.4. The van der Waals surface area contributed by atoms with Gasteiger partial charge in [-0.2, -0.15) is 0 Å². The molecule has 70 valence electrons. The third-order valence-corrected chi connectivity index (χ3v) is 1.68. The minimum Gasteiger partial charge on any atom is -0.368 e. The Hall–Kier alpha value is -1.55. The molecule has 0 fully saturated rings. The molecule has 0 heterocycles. The van der Waals surface area contributed by atoms with E-state index in [1.165, 1.54) is 5.56 Å². The Balaban J connectivity index is 2.89. The molecule has 0 aromatic heterocycles. The summed E-state index contributed by atoms with van der Waals surface area (Å²) in [6.07, 6.45) is 0.954. The highest BCUT2D eigenvalue weighted by Gasteiger charge is 1.93. The number of nitrogens with one attached hydrogen (secondary N) is 1. The van der Waals surface area contributed by atoms with Gasteiger partial charge >= 0.3 is 0 Å². The standard InChI is InChI=1S/C9H13N3O/c1-2-7-4-3-5-8(6-7)11-9(10)12-13/h3-6,13H,2H2,1H3,(H3,10,11,12). The molecule has 1 aromatic carbocycles. The van der Waals surface area contributed by atoms with E-state index in [0.29, 0.717) is 0 Å². The molecule has 0 aliphatic carbocycles. The van der Waals surface area contributed by atoms with Gasteiger partial charge in [0.1, 0.15) is 0 Å². The largest absolute Gasteiger partial charge is 0.368 e. The maximum absolute atomic E-state index is 8.42. The zero-order valence-corrected chi connectivity index (χ0v) is 7.49. The topological polar surface area (TPSA) is 70.6 Å². The first-order valence-corrected chi connectivity index (χ1v) is 4.09. The van der Waals surface area contributed by atoms with Crippen LogP contribution in [0, 0.1) is 0 Å². The Morgan fingerprint density at radius 3 is 3.00 bits per heavy atom. The van der Waals surface area contributed by atoms with Crippen molar-refractivity contribution in [3.63, 3.8) is 0 Å². The molecule has 4 nitrogen and oxygen atoms in total. The predicted octanol–water partition coefficient (Wildman–Crippen LogP) is 1.17. The summed E-state index contributed by atoms with van der Waals surface area (Å²) in [6, 6.07) is 7.66. The molecule has 0 bridgehead atoms. The van der Waals surface area contributed by atoms with Crippen molar-refractivity contribution >= 4 is 11.6 Å². The smallest absolute Gasteiger partial charge is 0.218 e. The molecular formula is C9H13N3O. The SMILES string of the molecule is CCc1cccc(N=C(N)NO)c1. The molecule has 0 atom stereocenters. The van der Waals surface area contributed by atoms with Gasteiger partial charge < -0.3 is 5.73 Å². The van der Waals surface area contributed by atoms with Crippen molar-refractivity contribution in [1.29, 1.82) is 0 Å². The molecule has 0 unspecified atom stereocenters. The van der Waals surface area contributed by atoms with Crippen LogP contribution in [0.4, 0.5) is 5.69 Å². The van der Waals surface area contributed by atoms with E-state index in [1.54, 1.807) is 5.48 Å². The maximum Gasteiger partial charge on any atom is 0.218 e. The van der Waals surface area contributed by atoms with Crippen LogP contribution in [-0.4, -0.2) is 11.2 Å². The number of nitrogens with two attached hydrogens (primary N) is 1. The molecule has 0 spiro atoms. The van der Waals surface area contributed by atoms with Crippen LogP contribution in [0.25, 0.3) is 0 Å². The minimum atomic E-state index is -0.00625. The predicted molar refractivity (Wildman–Crippen MR) is 52.0 cm³/mol. The summed E-state index contributed by atoms with van der Waals surface area (Å²) in [5.74, 6) is -0.00625. The van der Waals surface area contributed by atoms with Gasteiger partial charge in [-0.05, 0) is 24.1 Å². The van der Waals surface area contributed by atoms with Crippen LogP contribution in [0.15, 0.2) is 29.3 Å². The second-order valence-electron chi connectivity index (χ2n) is 2.63. The first-order valence-electron chi connectivity index (χ1n) is 4.09. The van der Waals surface area contributed by atoms with Gasteiger partial charge in [-0.15, -0.1) is 0 Å². The van der Waals surface area contributed by atoms with E-state index in [2.05, 4.69) is 11.9 Å². The number of guanidine groups is 1. The molecule has 0 aliphatic rings. The van der Waals surface area contributed by atoms with Crippen LogP contribution in [-0.2, 0) is 6.42 Å². The molecule has 0 saturated heterocycles. The molecule has 0 radical (unpaired) electrons. The van der Waals surface area contributed by atoms with Gasteiger partial charge in [-0.25, -0.2) is 10.5 Å². The van der Waals surface area contributed by atoms with Crippen LogP contribution in [0.5, 0.6) is 0 Å². The lowest BCUT2D eigenvalue weighted by atomic mass is 10.1. The number of nitrogens with zero attached hydrogens (tertiary/aromatic N) is 1. The Labute approximate surface area is 77.1 Å². The highest BCUT2D eigenvalue weighted by molar-refractivity contribution is 5.79. The number of rotatable bonds is 2. The fraction of sp³-hybridized carbons (Fsp3) is 0.222. The van der Waals surface area contributed by atoms with Crippen molar-refractivity contribution in [3.8, 4) is 0 Å². The summed E-state index contributed by atoms with van der Waals surface area (Å²) in [4.78, 5) is 3.92. The Morgan fingerprint density at radius 2 is 2.38 bits per heavy atom. The lowest BCUT2D eigenvalue weighted by Gasteiger charge is -1.99. The molecule has 1 rings (SSSR count). The second kappa shape index (κ2) is 4.47. The van der Waals surface area contributed by atoms with Crippen molar-refractivity contribution in [2.24, 2.45) is 10.7 Å². The summed E-state index contributed by atoms with van der Waals surface area (Å²) in [6.45, 7) is 2.07. The number of hydroxylamine groups is 1. The minimum absolute atomic E-state index is 0.00625. The zero-order valence-electron chi connectivity index (χ0n) is 7.49. The van der Waals surface area contributed by atoms with Gasteiger partial charge in [-0.3, -0.25) is 5.21 Å². The average Bonchev–Trinajstić information content (AvgIpc) is 2.18. The Morgan fingerprint density at radius 1 is 1.62 bits per heavy atom. The molecule has 4 heteroatoms. The highest BCUT2D eigenvalue weighted by Crippen LogP contribution is 2.13. The summed E-state index contributed by atoms with van der Waals surface area (Å²) < 4.78 is 0. The van der Waals surface area contributed by atoms with E-state index < -0.39 is 0 Å². The fourth-order valence-corrected chi connectivity index (χ4v) is 1.01. The molecule has 13 heavy (non-hydrogen) atoms. The summed E-state index contributed by atoms with van der Waals surface area (Å²) >= 11 is 0. The lowest BCUT2D eigenvalue weighted by molar-refractivity contribution is 0.233. The van der Waals surface area contributed by atoms with Gasteiger partial charge in [-0.1, -0.05) is 19.1 Å². The van der Waals surface area contributed by atoms with E-state index in [9.17, 15) is 0 Å². The van der Waals surface area contributed by atoms with E-state index in [4.69, 9.17) is 10.9 Å². The highest BCUT2D eigenvalue weighted by atomic mass is 16.5. The van der Waals surface area contributed by atoms with Crippen molar-refractivity contribution < 1.29 is 5.21 Å². The van der Waals surface area contributed by atoms with Crippen LogP contribution in [0.3, 0.4) is 0 Å². The van der Waals surface area contributed by atoms with Crippen LogP contribution in [0.1, 0.15) is 12.5 Å². The van der Waals surface area contributed by atoms with E-state index in [1.807, 2.05) is 24.3 Å². The van der Waals surface area contributed by atoms with Crippen LogP contribution >= 0.6 is 0 Å². The third-order valence-electron chi connectivity index (χ3n) is 1.68. The number of hydrogen-bond donors (Lipinski definition) is 3. The molecule has 0 amide bonds. The van der Waals surface area contributed by atoms with Crippen molar-refractivity contribution in [2.75, 3.05) is 0 Å². The van der Waals surface area contributed by atoms with Crippen molar-refractivity contribution in [3.05, 3.63) is 29.8 Å². The molecule has 4 N–H and O–H groups in total. The first-order chi connectivity index (χ1) is 6.26. The van der Waals surface area contributed by atoms with Gasteiger partial charge in [0.15, 0.2) is 0 Å². The molecule has 0 saturated carbocycles. The van der Waals surface area contributed by atoms with Crippen molar-refractivity contribution in [2.45, 2.75) is 13.3 Å². The zero-order chi connectivity index (χ0) is 9.68. The lowest BCUT2D eigenvalue weighted by Crippen LogP contribution is -2.27. The number of hydrogen-bond acceptors (Lipinski definition) is 2. The average molecular weight is 179 g/mol. The summed E-state index contributed by atoms with van der Waals surface area (Å²) in [7, 11) is 0. The fourth-order valence-electron chi connectivity index (χ4n) is 1.01. The Kier molecular flexibility index (Phi) is 3.28. The van der Waals surface area contributed by atoms with Crippen LogP contribution in [0.2, 0.25) is 0 Å². The second-order valence-corrected chi connectivity index (χ2v) is 2.63. The molecule has 1 aromatic rings. The quantitative estimate of drug-likeness (QED) is 0.362.